The Morgan fingerprint density at radius 3 is 2.60 bits per heavy atom. The van der Waals surface area contributed by atoms with Crippen molar-refractivity contribution >= 4 is 0 Å². The molecule has 0 aliphatic rings. The quantitative estimate of drug-likeness (QED) is 0.873. The normalized spacial score (nSPS) is 9.75. The average Bonchev–Trinajstić information content (AvgIpc) is 2.44. The molecule has 0 amide bonds. The lowest BCUT2D eigenvalue weighted by Crippen LogP contribution is -1.99. The van der Waals surface area contributed by atoms with Crippen LogP contribution in [0.15, 0.2) is 42.5 Å². The summed E-state index contributed by atoms with van der Waals surface area (Å²) < 4.78 is 31.8. The van der Waals surface area contributed by atoms with Crippen molar-refractivity contribution in [3.05, 3.63) is 65.2 Å². The highest BCUT2D eigenvalue weighted by molar-refractivity contribution is 5.46. The van der Waals surface area contributed by atoms with Crippen molar-refractivity contribution in [1.82, 2.24) is 0 Å². The van der Waals surface area contributed by atoms with Crippen LogP contribution >= 0.6 is 0 Å². The SMILES string of the molecule is NCC#Cc1ccc(F)cc1OCc1cccc(F)c1. The molecule has 20 heavy (non-hydrogen) atoms. The Kier molecular flexibility index (Phi) is 4.70. The van der Waals surface area contributed by atoms with Crippen LogP contribution in [0.25, 0.3) is 0 Å². The van der Waals surface area contributed by atoms with Gasteiger partial charge in [-0.2, -0.15) is 0 Å². The number of hydrogen-bond acceptors (Lipinski definition) is 2. The minimum atomic E-state index is -0.419. The molecule has 0 saturated heterocycles. The molecule has 0 aliphatic carbocycles. The molecule has 2 aromatic rings. The van der Waals surface area contributed by atoms with Crippen LogP contribution in [0.5, 0.6) is 5.75 Å². The predicted octanol–water partition coefficient (Wildman–Crippen LogP) is 2.85. The minimum Gasteiger partial charge on any atom is -0.487 e. The maximum Gasteiger partial charge on any atom is 0.138 e. The van der Waals surface area contributed by atoms with Crippen LogP contribution in [0.4, 0.5) is 8.78 Å². The number of rotatable bonds is 3. The largest absolute Gasteiger partial charge is 0.487 e. The molecular weight excluding hydrogens is 260 g/mol. The summed E-state index contributed by atoms with van der Waals surface area (Å²) in [5, 5.41) is 0. The molecule has 102 valence electrons. The van der Waals surface area contributed by atoms with E-state index in [1.54, 1.807) is 12.1 Å². The van der Waals surface area contributed by atoms with Crippen molar-refractivity contribution in [3.63, 3.8) is 0 Å². The van der Waals surface area contributed by atoms with Crippen LogP contribution in [0, 0.1) is 23.5 Å². The van der Waals surface area contributed by atoms with Crippen molar-refractivity contribution in [2.24, 2.45) is 5.73 Å². The smallest absolute Gasteiger partial charge is 0.138 e. The van der Waals surface area contributed by atoms with E-state index in [0.29, 0.717) is 16.9 Å². The van der Waals surface area contributed by atoms with Gasteiger partial charge < -0.3 is 10.5 Å². The second kappa shape index (κ2) is 6.69. The van der Waals surface area contributed by atoms with Gasteiger partial charge in [-0.15, -0.1) is 0 Å². The molecule has 2 aromatic carbocycles. The molecule has 0 radical (unpaired) electrons. The van der Waals surface area contributed by atoms with E-state index >= 15 is 0 Å². The van der Waals surface area contributed by atoms with Crippen molar-refractivity contribution < 1.29 is 13.5 Å². The van der Waals surface area contributed by atoms with Crippen molar-refractivity contribution in [2.75, 3.05) is 6.54 Å². The van der Waals surface area contributed by atoms with E-state index in [9.17, 15) is 8.78 Å². The summed E-state index contributed by atoms with van der Waals surface area (Å²) in [5.41, 5.74) is 6.52. The third-order valence-electron chi connectivity index (χ3n) is 2.55. The first-order valence-electron chi connectivity index (χ1n) is 6.05. The highest BCUT2D eigenvalue weighted by Crippen LogP contribution is 2.20. The maximum absolute atomic E-state index is 13.2. The lowest BCUT2D eigenvalue weighted by atomic mass is 10.2. The first kappa shape index (κ1) is 14.0. The lowest BCUT2D eigenvalue weighted by molar-refractivity contribution is 0.303. The van der Waals surface area contributed by atoms with Gasteiger partial charge in [-0.3, -0.25) is 0 Å². The summed E-state index contributed by atoms with van der Waals surface area (Å²) >= 11 is 0. The van der Waals surface area contributed by atoms with E-state index in [2.05, 4.69) is 11.8 Å². The fourth-order valence-electron chi connectivity index (χ4n) is 1.65. The Hall–Kier alpha value is -2.38. The van der Waals surface area contributed by atoms with Crippen LogP contribution in [0.3, 0.4) is 0 Å². The molecule has 0 atom stereocenters. The van der Waals surface area contributed by atoms with Crippen LogP contribution in [0.2, 0.25) is 0 Å². The average molecular weight is 273 g/mol. The van der Waals surface area contributed by atoms with E-state index < -0.39 is 5.82 Å². The standard InChI is InChI=1S/C16H13F2NO/c17-14-5-1-3-12(9-14)11-20-16-10-15(18)7-6-13(16)4-2-8-19/h1,3,5-7,9-10H,8,11,19H2. The molecule has 0 saturated carbocycles. The minimum absolute atomic E-state index is 0.137. The second-order valence-electron chi connectivity index (χ2n) is 4.06. The van der Waals surface area contributed by atoms with Crippen LogP contribution in [0.1, 0.15) is 11.1 Å². The van der Waals surface area contributed by atoms with E-state index in [0.717, 1.165) is 0 Å². The zero-order chi connectivity index (χ0) is 14.4. The molecule has 0 unspecified atom stereocenters. The van der Waals surface area contributed by atoms with Crippen LogP contribution in [-0.4, -0.2) is 6.54 Å². The molecule has 2 N–H and O–H groups in total. The number of ether oxygens (including phenoxy) is 1. The third kappa shape index (κ3) is 3.81. The van der Waals surface area contributed by atoms with Gasteiger partial charge in [0.05, 0.1) is 12.1 Å². The third-order valence-corrected chi connectivity index (χ3v) is 2.55. The Balaban J connectivity index is 2.17. The number of hydrogen-bond donors (Lipinski definition) is 1. The number of halogens is 2. The van der Waals surface area contributed by atoms with Crippen LogP contribution in [-0.2, 0) is 6.61 Å². The topological polar surface area (TPSA) is 35.2 Å². The molecule has 2 nitrogen and oxygen atoms in total. The van der Waals surface area contributed by atoms with E-state index in [4.69, 9.17) is 10.5 Å². The number of benzene rings is 2. The summed E-state index contributed by atoms with van der Waals surface area (Å²) in [6.45, 7) is 0.346. The van der Waals surface area contributed by atoms with E-state index in [1.807, 2.05) is 0 Å². The van der Waals surface area contributed by atoms with Crippen molar-refractivity contribution in [2.45, 2.75) is 6.61 Å². The molecule has 0 fully saturated rings. The van der Waals surface area contributed by atoms with Gasteiger partial charge in [-0.25, -0.2) is 8.78 Å². The van der Waals surface area contributed by atoms with Gasteiger partial charge in [-0.05, 0) is 29.8 Å². The monoisotopic (exact) mass is 273 g/mol. The van der Waals surface area contributed by atoms with Gasteiger partial charge in [0.25, 0.3) is 0 Å². The van der Waals surface area contributed by atoms with Gasteiger partial charge in [0.2, 0.25) is 0 Å². The zero-order valence-electron chi connectivity index (χ0n) is 10.7. The fourth-order valence-corrected chi connectivity index (χ4v) is 1.65. The van der Waals surface area contributed by atoms with Gasteiger partial charge in [0.15, 0.2) is 0 Å². The molecule has 4 heteroatoms. The first-order chi connectivity index (χ1) is 9.69. The van der Waals surface area contributed by atoms with Crippen molar-refractivity contribution in [3.8, 4) is 17.6 Å². The van der Waals surface area contributed by atoms with Gasteiger partial charge in [-0.1, -0.05) is 24.0 Å². The molecule has 2 rings (SSSR count). The molecule has 0 aromatic heterocycles. The molecule has 0 heterocycles. The number of nitrogens with two attached hydrogens (primary N) is 1. The van der Waals surface area contributed by atoms with Gasteiger partial charge in [0, 0.05) is 6.07 Å². The summed E-state index contributed by atoms with van der Waals surface area (Å²) in [5.74, 6) is 5.05. The summed E-state index contributed by atoms with van der Waals surface area (Å²) in [4.78, 5) is 0. The maximum atomic E-state index is 13.2. The predicted molar refractivity (Wildman–Crippen MR) is 73.1 cm³/mol. The molecular formula is C16H13F2NO. The Bertz CT molecular complexity index is 659. The molecule has 0 spiro atoms. The Morgan fingerprint density at radius 1 is 1.05 bits per heavy atom. The summed E-state index contributed by atoms with van der Waals surface area (Å²) in [7, 11) is 0. The molecule has 0 aliphatic heterocycles. The zero-order valence-corrected chi connectivity index (χ0v) is 10.7. The van der Waals surface area contributed by atoms with Crippen molar-refractivity contribution in [1.29, 1.82) is 0 Å². The highest BCUT2D eigenvalue weighted by atomic mass is 19.1. The van der Waals surface area contributed by atoms with E-state index in [1.165, 1.54) is 30.3 Å². The van der Waals surface area contributed by atoms with Gasteiger partial charge >= 0.3 is 0 Å². The first-order valence-corrected chi connectivity index (χ1v) is 6.05. The second-order valence-corrected chi connectivity index (χ2v) is 4.06. The van der Waals surface area contributed by atoms with E-state index in [-0.39, 0.29) is 19.0 Å². The Labute approximate surface area is 116 Å². The molecule has 0 bridgehead atoms. The lowest BCUT2D eigenvalue weighted by Gasteiger charge is -2.08. The van der Waals surface area contributed by atoms with Gasteiger partial charge in [0.1, 0.15) is 24.0 Å². The summed E-state index contributed by atoms with van der Waals surface area (Å²) in [6, 6.07) is 10.1. The highest BCUT2D eigenvalue weighted by Gasteiger charge is 2.04. The van der Waals surface area contributed by atoms with Crippen LogP contribution < -0.4 is 10.5 Å². The Morgan fingerprint density at radius 2 is 1.85 bits per heavy atom. The summed E-state index contributed by atoms with van der Waals surface area (Å²) in [6.07, 6.45) is 0. The fraction of sp³-hybridized carbons (Fsp3) is 0.125.